The first-order valence-electron chi connectivity index (χ1n) is 10.6. The zero-order valence-corrected chi connectivity index (χ0v) is 19.7. The van der Waals surface area contributed by atoms with Crippen LogP contribution < -0.4 is 5.73 Å². The number of nitrogens with two attached hydrogens (primary N) is 1. The van der Waals surface area contributed by atoms with E-state index >= 15 is 0 Å². The van der Waals surface area contributed by atoms with Crippen LogP contribution in [-0.2, 0) is 18.3 Å². The minimum absolute atomic E-state index is 0.0582. The van der Waals surface area contributed by atoms with Gasteiger partial charge in [-0.3, -0.25) is 9.09 Å². The molecule has 7 atom stereocenters. The number of rotatable bonds is 4. The van der Waals surface area contributed by atoms with Crippen molar-refractivity contribution >= 4 is 36.0 Å². The molecule has 2 aromatic heterocycles. The van der Waals surface area contributed by atoms with E-state index in [0.29, 0.717) is 28.0 Å². The minimum atomic E-state index is -4.17. The van der Waals surface area contributed by atoms with E-state index < -0.39 is 43.6 Å². The van der Waals surface area contributed by atoms with Crippen molar-refractivity contribution in [3.63, 3.8) is 0 Å². The standard InChI is InChI=1S/C21H24ClN4O7P/c1-21(29)16(27)15(32-20(21)26-8-6-13-17(23)24-10-25-18(13)26)19(28)34(30)31-9-7-14(33-34)11-2-4-12(22)5-3-11/h2-6,8,10,14-16,19-20,27-29H,7,9H2,1H3,(H2,23,24,25)/t14-,15-,16+,19-,20+,21+,34+/m0/s1. The van der Waals surface area contributed by atoms with Gasteiger partial charge in [0, 0.05) is 17.6 Å². The van der Waals surface area contributed by atoms with E-state index in [9.17, 15) is 19.9 Å². The third kappa shape index (κ3) is 3.82. The van der Waals surface area contributed by atoms with E-state index in [1.165, 1.54) is 17.8 Å². The number of aliphatic hydroxyl groups is 3. The molecule has 5 N–H and O–H groups in total. The summed E-state index contributed by atoms with van der Waals surface area (Å²) in [5, 5.41) is 34.1. The molecule has 0 amide bonds. The SMILES string of the molecule is C[C@@]1(O)[C@H](O)[C@@H]([C@@H](O)[P@@]2(=O)OCC[C@@H](c3ccc(Cl)cc3)O2)O[C@H]1n1ccc2c(N)ncnc21. The van der Waals surface area contributed by atoms with E-state index in [1.807, 2.05) is 0 Å². The van der Waals surface area contributed by atoms with Gasteiger partial charge in [-0.1, -0.05) is 23.7 Å². The Morgan fingerprint density at radius 2 is 2.03 bits per heavy atom. The maximum absolute atomic E-state index is 13.5. The van der Waals surface area contributed by atoms with Crippen LogP contribution in [0.25, 0.3) is 11.0 Å². The molecule has 34 heavy (non-hydrogen) atoms. The Bertz CT molecular complexity index is 1250. The Morgan fingerprint density at radius 1 is 1.29 bits per heavy atom. The van der Waals surface area contributed by atoms with E-state index in [-0.39, 0.29) is 12.4 Å². The number of fused-ring (bicyclic) bond motifs is 1. The smallest absolute Gasteiger partial charge is 0.362 e. The van der Waals surface area contributed by atoms with Crippen LogP contribution in [0, 0.1) is 0 Å². The molecule has 2 aliphatic rings. The van der Waals surface area contributed by atoms with E-state index in [2.05, 4.69) is 9.97 Å². The first-order chi connectivity index (χ1) is 16.1. The number of nitrogen functional groups attached to an aromatic ring is 1. The van der Waals surface area contributed by atoms with E-state index in [4.69, 9.17) is 31.1 Å². The van der Waals surface area contributed by atoms with Gasteiger partial charge in [0.1, 0.15) is 35.6 Å². The zero-order valence-electron chi connectivity index (χ0n) is 18.1. The van der Waals surface area contributed by atoms with Crippen molar-refractivity contribution in [3.8, 4) is 0 Å². The summed E-state index contributed by atoms with van der Waals surface area (Å²) in [6.07, 6.45) is -1.66. The summed E-state index contributed by atoms with van der Waals surface area (Å²) in [5.41, 5.74) is 5.08. The molecule has 182 valence electrons. The monoisotopic (exact) mass is 510 g/mol. The number of nitrogens with zero attached hydrogens (tertiary/aromatic N) is 3. The fraction of sp³-hybridized carbons (Fsp3) is 0.429. The number of anilines is 1. The maximum atomic E-state index is 13.5. The van der Waals surface area contributed by atoms with E-state index in [0.717, 1.165) is 0 Å². The van der Waals surface area contributed by atoms with Gasteiger partial charge in [0.2, 0.25) is 0 Å². The van der Waals surface area contributed by atoms with Crippen molar-refractivity contribution in [3.05, 3.63) is 53.4 Å². The third-order valence-corrected chi connectivity index (χ3v) is 8.56. The second-order valence-corrected chi connectivity index (χ2v) is 11.1. The molecule has 0 bridgehead atoms. The molecule has 1 aromatic carbocycles. The summed E-state index contributed by atoms with van der Waals surface area (Å²) in [5.74, 6) is -1.63. The highest BCUT2D eigenvalue weighted by Crippen LogP contribution is 2.61. The fourth-order valence-electron chi connectivity index (χ4n) is 4.37. The first kappa shape index (κ1) is 23.7. The van der Waals surface area contributed by atoms with Gasteiger partial charge in [-0.2, -0.15) is 0 Å². The molecular weight excluding hydrogens is 487 g/mol. The molecule has 2 saturated heterocycles. The summed E-state index contributed by atoms with van der Waals surface area (Å²) < 4.78 is 32.0. The largest absolute Gasteiger partial charge is 0.387 e. The molecule has 5 rings (SSSR count). The molecule has 13 heteroatoms. The number of ether oxygens (including phenoxy) is 1. The third-order valence-electron chi connectivity index (χ3n) is 6.27. The van der Waals surface area contributed by atoms with Gasteiger partial charge in [0.05, 0.1) is 18.1 Å². The topological polar surface area (TPSA) is 162 Å². The number of aromatic nitrogens is 3. The molecule has 3 aromatic rings. The number of aliphatic hydroxyl groups excluding tert-OH is 2. The Hall–Kier alpha value is -2.08. The average Bonchev–Trinajstić information content (AvgIpc) is 3.33. The second-order valence-electron chi connectivity index (χ2n) is 8.56. The van der Waals surface area contributed by atoms with Crippen LogP contribution in [0.3, 0.4) is 0 Å². The number of hydrogen-bond donors (Lipinski definition) is 4. The summed E-state index contributed by atoms with van der Waals surface area (Å²) in [4.78, 5) is 8.12. The van der Waals surface area contributed by atoms with Gasteiger partial charge in [-0.05, 0) is 30.7 Å². The van der Waals surface area contributed by atoms with E-state index in [1.54, 1.807) is 36.5 Å². The maximum Gasteiger partial charge on any atom is 0.362 e. The minimum Gasteiger partial charge on any atom is -0.387 e. The highest BCUT2D eigenvalue weighted by molar-refractivity contribution is 7.54. The van der Waals surface area contributed by atoms with Gasteiger partial charge in [0.25, 0.3) is 0 Å². The quantitative estimate of drug-likeness (QED) is 0.383. The average molecular weight is 511 g/mol. The van der Waals surface area contributed by atoms with Gasteiger partial charge in [-0.25, -0.2) is 9.97 Å². The van der Waals surface area contributed by atoms with Crippen LogP contribution in [0.2, 0.25) is 5.02 Å². The van der Waals surface area contributed by atoms with Crippen LogP contribution in [0.1, 0.15) is 31.2 Å². The molecule has 0 aliphatic carbocycles. The Balaban J connectivity index is 1.42. The van der Waals surface area contributed by atoms with Crippen molar-refractivity contribution in [1.29, 1.82) is 0 Å². The molecule has 0 unspecified atom stereocenters. The normalized spacial score (nSPS) is 35.0. The highest BCUT2D eigenvalue weighted by Gasteiger charge is 2.60. The molecule has 0 saturated carbocycles. The predicted molar refractivity (Wildman–Crippen MR) is 122 cm³/mol. The Labute approximate surface area is 199 Å². The molecule has 2 fully saturated rings. The lowest BCUT2D eigenvalue weighted by Crippen LogP contribution is -2.46. The van der Waals surface area contributed by atoms with Crippen LogP contribution >= 0.6 is 19.2 Å². The summed E-state index contributed by atoms with van der Waals surface area (Å²) in [7, 11) is -4.17. The highest BCUT2D eigenvalue weighted by atomic mass is 35.5. The fourth-order valence-corrected chi connectivity index (χ4v) is 6.37. The lowest BCUT2D eigenvalue weighted by atomic mass is 9.96. The Kier molecular flexibility index (Phi) is 5.94. The van der Waals surface area contributed by atoms with Crippen LogP contribution in [0.15, 0.2) is 42.9 Å². The van der Waals surface area contributed by atoms with Gasteiger partial charge in [-0.15, -0.1) is 0 Å². The van der Waals surface area contributed by atoms with Crippen molar-refractivity contribution in [2.75, 3.05) is 12.3 Å². The summed E-state index contributed by atoms with van der Waals surface area (Å²) in [6, 6.07) is 8.48. The van der Waals surface area contributed by atoms with Crippen molar-refractivity contribution in [1.82, 2.24) is 14.5 Å². The Morgan fingerprint density at radius 3 is 2.76 bits per heavy atom. The summed E-state index contributed by atoms with van der Waals surface area (Å²) >= 11 is 5.94. The first-order valence-corrected chi connectivity index (χ1v) is 12.6. The lowest BCUT2D eigenvalue weighted by molar-refractivity contribution is -0.0973. The summed E-state index contributed by atoms with van der Waals surface area (Å²) in [6.45, 7) is 1.41. The van der Waals surface area contributed by atoms with Crippen molar-refractivity contribution in [2.45, 2.75) is 49.3 Å². The zero-order chi connectivity index (χ0) is 24.3. The van der Waals surface area contributed by atoms with Crippen molar-refractivity contribution < 1.29 is 33.7 Å². The lowest BCUT2D eigenvalue weighted by Gasteiger charge is -2.35. The number of benzene rings is 1. The molecule has 2 aliphatic heterocycles. The van der Waals surface area contributed by atoms with Crippen LogP contribution in [0.5, 0.6) is 0 Å². The second kappa shape index (κ2) is 8.54. The van der Waals surface area contributed by atoms with Crippen LogP contribution in [-0.4, -0.2) is 60.1 Å². The van der Waals surface area contributed by atoms with Gasteiger partial charge >= 0.3 is 7.60 Å². The van der Waals surface area contributed by atoms with Gasteiger partial charge < -0.3 is 34.9 Å². The van der Waals surface area contributed by atoms with Crippen molar-refractivity contribution in [2.24, 2.45) is 0 Å². The molecule has 0 spiro atoms. The predicted octanol–water partition coefficient (Wildman–Crippen LogP) is 2.37. The molecule has 11 nitrogen and oxygen atoms in total. The molecule has 0 radical (unpaired) electrons. The molecular formula is C21H24ClN4O7P. The van der Waals surface area contributed by atoms with Crippen LogP contribution in [0.4, 0.5) is 5.82 Å². The number of hydrogen-bond acceptors (Lipinski definition) is 10. The van der Waals surface area contributed by atoms with Gasteiger partial charge in [0.15, 0.2) is 12.1 Å². The molecule has 4 heterocycles. The number of halogens is 1.